The van der Waals surface area contributed by atoms with Crippen LogP contribution in [-0.4, -0.2) is 38.9 Å². The van der Waals surface area contributed by atoms with E-state index in [4.69, 9.17) is 15.2 Å². The van der Waals surface area contributed by atoms with Crippen LogP contribution in [0.25, 0.3) is 0 Å². The van der Waals surface area contributed by atoms with E-state index in [-0.39, 0.29) is 30.0 Å². The first-order valence-corrected chi connectivity index (χ1v) is 5.95. The van der Waals surface area contributed by atoms with E-state index in [2.05, 4.69) is 10.3 Å². The summed E-state index contributed by atoms with van der Waals surface area (Å²) in [6.07, 6.45) is 0. The standard InChI is InChI=1S/C13H21N3O2.HI/c1-11(10-17-2)16-13(14)15-8-9-18-12-6-4-3-5-7-12;/h3-7,11H,8-10H2,1-2H3,(H3,14,15,16);1H. The molecule has 0 spiro atoms. The molecule has 1 rings (SSSR count). The second-order valence-electron chi connectivity index (χ2n) is 3.93. The second-order valence-corrected chi connectivity index (χ2v) is 3.93. The first kappa shape index (κ1) is 18.0. The fourth-order valence-corrected chi connectivity index (χ4v) is 1.44. The normalized spacial score (nSPS) is 12.4. The lowest BCUT2D eigenvalue weighted by Crippen LogP contribution is -2.40. The molecule has 0 aliphatic carbocycles. The van der Waals surface area contributed by atoms with Gasteiger partial charge in [-0.3, -0.25) is 0 Å². The van der Waals surface area contributed by atoms with E-state index in [1.165, 1.54) is 0 Å². The van der Waals surface area contributed by atoms with Crippen LogP contribution in [0.2, 0.25) is 0 Å². The number of rotatable bonds is 7. The van der Waals surface area contributed by atoms with Gasteiger partial charge in [-0.05, 0) is 19.1 Å². The number of aliphatic imine (C=N–C) groups is 1. The van der Waals surface area contributed by atoms with Gasteiger partial charge in [-0.1, -0.05) is 18.2 Å². The van der Waals surface area contributed by atoms with Crippen LogP contribution in [0, 0.1) is 0 Å². The highest BCUT2D eigenvalue weighted by atomic mass is 127. The van der Waals surface area contributed by atoms with E-state index in [0.717, 1.165) is 5.75 Å². The summed E-state index contributed by atoms with van der Waals surface area (Å²) in [5.41, 5.74) is 5.71. The first-order valence-electron chi connectivity index (χ1n) is 5.95. The molecule has 0 bridgehead atoms. The van der Waals surface area contributed by atoms with Gasteiger partial charge in [-0.25, -0.2) is 4.99 Å². The van der Waals surface area contributed by atoms with Crippen LogP contribution in [0.4, 0.5) is 0 Å². The Balaban J connectivity index is 0.00000324. The quantitative estimate of drug-likeness (QED) is 0.327. The molecule has 3 N–H and O–H groups in total. The summed E-state index contributed by atoms with van der Waals surface area (Å²) in [7, 11) is 1.65. The van der Waals surface area contributed by atoms with Gasteiger partial charge >= 0.3 is 0 Å². The van der Waals surface area contributed by atoms with Crippen molar-refractivity contribution in [2.24, 2.45) is 10.7 Å². The lowest BCUT2D eigenvalue weighted by atomic mass is 10.3. The topological polar surface area (TPSA) is 68.9 Å². The van der Waals surface area contributed by atoms with Crippen LogP contribution < -0.4 is 15.8 Å². The van der Waals surface area contributed by atoms with Crippen LogP contribution in [0.5, 0.6) is 5.75 Å². The molecule has 1 atom stereocenters. The molecular weight excluding hydrogens is 357 g/mol. The monoisotopic (exact) mass is 379 g/mol. The number of halogens is 1. The summed E-state index contributed by atoms with van der Waals surface area (Å²) in [6.45, 7) is 3.60. The van der Waals surface area contributed by atoms with Crippen LogP contribution in [0.15, 0.2) is 35.3 Å². The number of nitrogens with zero attached hydrogens (tertiary/aromatic N) is 1. The number of ether oxygens (including phenoxy) is 2. The van der Waals surface area contributed by atoms with Gasteiger partial charge in [0, 0.05) is 13.2 Å². The maximum atomic E-state index is 5.71. The van der Waals surface area contributed by atoms with E-state index in [1.54, 1.807) is 7.11 Å². The fraction of sp³-hybridized carbons (Fsp3) is 0.462. The number of nitrogens with one attached hydrogen (secondary N) is 1. The largest absolute Gasteiger partial charge is 0.492 e. The summed E-state index contributed by atoms with van der Waals surface area (Å²) in [4.78, 5) is 4.16. The minimum atomic E-state index is 0. The van der Waals surface area contributed by atoms with E-state index >= 15 is 0 Å². The Morgan fingerprint density at radius 2 is 2.05 bits per heavy atom. The van der Waals surface area contributed by atoms with Gasteiger partial charge in [0.2, 0.25) is 0 Å². The summed E-state index contributed by atoms with van der Waals surface area (Å²) >= 11 is 0. The molecule has 0 radical (unpaired) electrons. The van der Waals surface area contributed by atoms with Crippen molar-refractivity contribution in [3.05, 3.63) is 30.3 Å². The summed E-state index contributed by atoms with van der Waals surface area (Å²) in [5, 5.41) is 3.03. The third-order valence-electron chi connectivity index (χ3n) is 2.20. The molecule has 1 aromatic rings. The third-order valence-corrected chi connectivity index (χ3v) is 2.20. The van der Waals surface area contributed by atoms with Crippen LogP contribution in [-0.2, 0) is 4.74 Å². The molecule has 6 heteroatoms. The Kier molecular flexibility index (Phi) is 10.3. The summed E-state index contributed by atoms with van der Waals surface area (Å²) in [5.74, 6) is 1.25. The van der Waals surface area contributed by atoms with Crippen molar-refractivity contribution in [2.45, 2.75) is 13.0 Å². The Labute approximate surface area is 131 Å². The van der Waals surface area contributed by atoms with Gasteiger partial charge in [0.15, 0.2) is 5.96 Å². The smallest absolute Gasteiger partial charge is 0.188 e. The molecule has 0 saturated carbocycles. The molecule has 0 aliphatic rings. The molecule has 0 aliphatic heterocycles. The number of para-hydroxylation sites is 1. The molecule has 1 aromatic carbocycles. The zero-order valence-corrected chi connectivity index (χ0v) is 13.7. The fourth-order valence-electron chi connectivity index (χ4n) is 1.44. The molecule has 0 saturated heterocycles. The van der Waals surface area contributed by atoms with Gasteiger partial charge in [0.05, 0.1) is 13.2 Å². The van der Waals surface area contributed by atoms with Gasteiger partial charge in [-0.2, -0.15) is 0 Å². The Morgan fingerprint density at radius 1 is 1.37 bits per heavy atom. The molecule has 0 amide bonds. The van der Waals surface area contributed by atoms with Crippen LogP contribution >= 0.6 is 24.0 Å². The minimum absolute atomic E-state index is 0. The third kappa shape index (κ3) is 8.66. The van der Waals surface area contributed by atoms with Crippen molar-refractivity contribution >= 4 is 29.9 Å². The zero-order valence-electron chi connectivity index (χ0n) is 11.3. The van der Waals surface area contributed by atoms with Crippen molar-refractivity contribution in [2.75, 3.05) is 26.9 Å². The molecule has 0 aromatic heterocycles. The predicted molar refractivity (Wildman–Crippen MR) is 88.3 cm³/mol. The van der Waals surface area contributed by atoms with Crippen molar-refractivity contribution < 1.29 is 9.47 Å². The highest BCUT2D eigenvalue weighted by Crippen LogP contribution is 2.07. The predicted octanol–water partition coefficient (Wildman–Crippen LogP) is 1.62. The Morgan fingerprint density at radius 3 is 2.68 bits per heavy atom. The van der Waals surface area contributed by atoms with E-state index < -0.39 is 0 Å². The summed E-state index contributed by atoms with van der Waals surface area (Å²) < 4.78 is 10.5. The van der Waals surface area contributed by atoms with Crippen LogP contribution in [0.3, 0.4) is 0 Å². The Hall–Kier alpha value is -1.02. The average Bonchev–Trinajstić information content (AvgIpc) is 2.36. The average molecular weight is 379 g/mol. The molecule has 19 heavy (non-hydrogen) atoms. The number of hydrogen-bond acceptors (Lipinski definition) is 3. The zero-order chi connectivity index (χ0) is 13.2. The highest BCUT2D eigenvalue weighted by Gasteiger charge is 2.00. The maximum absolute atomic E-state index is 5.71. The lowest BCUT2D eigenvalue weighted by molar-refractivity contribution is 0.179. The molecule has 1 unspecified atom stereocenters. The first-order chi connectivity index (χ1) is 8.72. The van der Waals surface area contributed by atoms with Gasteiger partial charge in [-0.15, -0.1) is 24.0 Å². The number of benzene rings is 1. The van der Waals surface area contributed by atoms with Crippen molar-refractivity contribution in [3.63, 3.8) is 0 Å². The van der Waals surface area contributed by atoms with Crippen LogP contribution in [0.1, 0.15) is 6.92 Å². The van der Waals surface area contributed by atoms with Gasteiger partial charge < -0.3 is 20.5 Å². The van der Waals surface area contributed by atoms with E-state index in [1.807, 2.05) is 37.3 Å². The second kappa shape index (κ2) is 10.9. The number of guanidine groups is 1. The van der Waals surface area contributed by atoms with Gasteiger partial charge in [0.25, 0.3) is 0 Å². The van der Waals surface area contributed by atoms with E-state index in [9.17, 15) is 0 Å². The number of hydrogen-bond donors (Lipinski definition) is 2. The minimum Gasteiger partial charge on any atom is -0.492 e. The van der Waals surface area contributed by atoms with Gasteiger partial charge in [0.1, 0.15) is 12.4 Å². The summed E-state index contributed by atoms with van der Waals surface area (Å²) in [6, 6.07) is 9.78. The molecule has 0 fully saturated rings. The Bertz CT molecular complexity index is 360. The number of methoxy groups -OCH3 is 1. The lowest BCUT2D eigenvalue weighted by Gasteiger charge is -2.13. The maximum Gasteiger partial charge on any atom is 0.188 e. The molecule has 108 valence electrons. The molecular formula is C13H22IN3O2. The molecule has 0 heterocycles. The molecule has 5 nitrogen and oxygen atoms in total. The highest BCUT2D eigenvalue weighted by molar-refractivity contribution is 14.0. The van der Waals surface area contributed by atoms with Crippen molar-refractivity contribution in [3.8, 4) is 5.75 Å². The SMILES string of the molecule is COCC(C)NC(N)=NCCOc1ccccc1.I. The van der Waals surface area contributed by atoms with E-state index in [0.29, 0.717) is 25.7 Å². The number of nitrogens with two attached hydrogens (primary N) is 1. The van der Waals surface area contributed by atoms with Crippen molar-refractivity contribution in [1.82, 2.24) is 5.32 Å². The van der Waals surface area contributed by atoms with Crippen molar-refractivity contribution in [1.29, 1.82) is 0 Å².